The number of rotatable bonds is 0. The molecule has 2 aliphatic rings. The summed E-state index contributed by atoms with van der Waals surface area (Å²) in [5.74, 6) is 0. The van der Waals surface area contributed by atoms with Crippen molar-refractivity contribution in [1.82, 2.24) is 10.9 Å². The summed E-state index contributed by atoms with van der Waals surface area (Å²) >= 11 is 0. The van der Waals surface area contributed by atoms with Gasteiger partial charge in [-0.2, -0.15) is 0 Å². The van der Waals surface area contributed by atoms with Crippen molar-refractivity contribution in [3.8, 4) is 0 Å². The quantitative estimate of drug-likeness (QED) is 0.520. The first kappa shape index (κ1) is 5.59. The van der Waals surface area contributed by atoms with Crippen LogP contribution >= 0.6 is 0 Å². The van der Waals surface area contributed by atoms with Gasteiger partial charge >= 0.3 is 0 Å². The average molecular weight is 134 g/mol. The third kappa shape index (κ3) is 0.652. The lowest BCUT2D eigenvalue weighted by molar-refractivity contribution is 0.764. The molecule has 2 rings (SSSR count). The number of hydrogen-bond donors (Lipinski definition) is 2. The van der Waals surface area contributed by atoms with Gasteiger partial charge in [-0.25, -0.2) is 0 Å². The van der Waals surface area contributed by atoms with Crippen molar-refractivity contribution in [1.29, 1.82) is 0 Å². The van der Waals surface area contributed by atoms with Crippen molar-refractivity contribution in [2.75, 3.05) is 0 Å². The van der Waals surface area contributed by atoms with E-state index >= 15 is 0 Å². The fraction of sp³-hybridized carbons (Fsp3) is 0.250. The molecule has 0 aromatic heterocycles. The predicted octanol–water partition coefficient (Wildman–Crippen LogP) is 1.21. The van der Waals surface area contributed by atoms with Crippen LogP contribution in [0.3, 0.4) is 0 Å². The molecule has 0 bridgehead atoms. The van der Waals surface area contributed by atoms with Crippen LogP contribution in [0.1, 0.15) is 12.8 Å². The van der Waals surface area contributed by atoms with Crippen LogP contribution in [0.4, 0.5) is 0 Å². The molecule has 2 nitrogen and oxygen atoms in total. The first-order chi connectivity index (χ1) is 4.88. The number of hydrogen-bond acceptors (Lipinski definition) is 2. The minimum absolute atomic E-state index is 1.03. The second kappa shape index (κ2) is 1.90. The standard InChI is InChI=1S/C8H10N2/c1-6-7-4-2-3-5-8(7)10-9-6/h3,5,9-10H,1-2,4H2. The molecule has 2 N–H and O–H groups in total. The van der Waals surface area contributed by atoms with Crippen molar-refractivity contribution < 1.29 is 0 Å². The minimum atomic E-state index is 1.03. The summed E-state index contributed by atoms with van der Waals surface area (Å²) in [4.78, 5) is 0. The molecule has 1 aliphatic carbocycles. The van der Waals surface area contributed by atoms with Gasteiger partial charge in [0.2, 0.25) is 0 Å². The SMILES string of the molecule is C=C1NNC2=C1CCC=C2. The molecule has 1 aliphatic heterocycles. The van der Waals surface area contributed by atoms with E-state index in [-0.39, 0.29) is 0 Å². The molecule has 0 radical (unpaired) electrons. The second-order valence-corrected chi connectivity index (χ2v) is 2.56. The predicted molar refractivity (Wildman–Crippen MR) is 40.8 cm³/mol. The van der Waals surface area contributed by atoms with E-state index in [9.17, 15) is 0 Å². The minimum Gasteiger partial charge on any atom is -0.301 e. The van der Waals surface area contributed by atoms with Gasteiger partial charge in [-0.1, -0.05) is 12.7 Å². The van der Waals surface area contributed by atoms with E-state index in [4.69, 9.17) is 0 Å². The Morgan fingerprint density at radius 2 is 2.30 bits per heavy atom. The number of nitrogens with one attached hydrogen (secondary N) is 2. The smallest absolute Gasteiger partial charge is 0.0589 e. The molecule has 0 saturated heterocycles. The molecule has 10 heavy (non-hydrogen) atoms. The maximum atomic E-state index is 3.87. The lowest BCUT2D eigenvalue weighted by Gasteiger charge is -2.04. The Hall–Kier alpha value is -1.18. The van der Waals surface area contributed by atoms with Gasteiger partial charge in [0.15, 0.2) is 0 Å². The lowest BCUT2D eigenvalue weighted by Crippen LogP contribution is -2.21. The average Bonchev–Trinajstić information content (AvgIpc) is 2.34. The Labute approximate surface area is 60.3 Å². The van der Waals surface area contributed by atoms with Gasteiger partial charge in [-0.05, 0) is 18.9 Å². The van der Waals surface area contributed by atoms with Gasteiger partial charge in [0.05, 0.1) is 11.4 Å². The maximum Gasteiger partial charge on any atom is 0.0589 e. The third-order valence-electron chi connectivity index (χ3n) is 1.88. The van der Waals surface area contributed by atoms with Crippen molar-refractivity contribution in [2.24, 2.45) is 0 Å². The van der Waals surface area contributed by atoms with Crippen molar-refractivity contribution in [3.63, 3.8) is 0 Å². The van der Waals surface area contributed by atoms with E-state index in [0.717, 1.165) is 18.5 Å². The zero-order valence-corrected chi connectivity index (χ0v) is 5.78. The van der Waals surface area contributed by atoms with Crippen LogP contribution in [0.2, 0.25) is 0 Å². The third-order valence-corrected chi connectivity index (χ3v) is 1.88. The first-order valence-corrected chi connectivity index (χ1v) is 3.49. The highest BCUT2D eigenvalue weighted by Gasteiger charge is 2.16. The van der Waals surface area contributed by atoms with Gasteiger partial charge in [0.1, 0.15) is 0 Å². The fourth-order valence-corrected chi connectivity index (χ4v) is 1.31. The number of hydrazine groups is 1. The molecule has 0 atom stereocenters. The van der Waals surface area contributed by atoms with Gasteiger partial charge in [0, 0.05) is 5.57 Å². The molecular weight excluding hydrogens is 124 g/mol. The molecule has 2 heteroatoms. The summed E-state index contributed by atoms with van der Waals surface area (Å²) < 4.78 is 0. The first-order valence-electron chi connectivity index (χ1n) is 3.49. The molecule has 0 spiro atoms. The highest BCUT2D eigenvalue weighted by molar-refractivity contribution is 5.43. The molecule has 1 heterocycles. The van der Waals surface area contributed by atoms with E-state index in [0.29, 0.717) is 0 Å². The molecule has 0 amide bonds. The highest BCUT2D eigenvalue weighted by Crippen LogP contribution is 2.24. The van der Waals surface area contributed by atoms with Crippen LogP contribution in [0, 0.1) is 0 Å². The summed E-state index contributed by atoms with van der Waals surface area (Å²) in [6, 6.07) is 0. The molecule has 0 aromatic rings. The van der Waals surface area contributed by atoms with Crippen molar-refractivity contribution >= 4 is 0 Å². The summed E-state index contributed by atoms with van der Waals surface area (Å²) in [5, 5.41) is 0. The zero-order valence-electron chi connectivity index (χ0n) is 5.78. The largest absolute Gasteiger partial charge is 0.301 e. The molecule has 0 unspecified atom stereocenters. The van der Waals surface area contributed by atoms with Gasteiger partial charge in [0.25, 0.3) is 0 Å². The molecule has 0 aromatic carbocycles. The van der Waals surface area contributed by atoms with E-state index in [1.165, 1.54) is 11.3 Å². The Morgan fingerprint density at radius 1 is 1.40 bits per heavy atom. The van der Waals surface area contributed by atoms with Crippen LogP contribution in [-0.4, -0.2) is 0 Å². The maximum absolute atomic E-state index is 3.87. The van der Waals surface area contributed by atoms with Crippen LogP contribution in [0.25, 0.3) is 0 Å². The Balaban J connectivity index is 2.38. The van der Waals surface area contributed by atoms with Crippen molar-refractivity contribution in [2.45, 2.75) is 12.8 Å². The van der Waals surface area contributed by atoms with Crippen LogP contribution in [0.15, 0.2) is 35.7 Å². The summed E-state index contributed by atoms with van der Waals surface area (Å²) in [7, 11) is 0. The van der Waals surface area contributed by atoms with Crippen LogP contribution in [-0.2, 0) is 0 Å². The molecule has 0 saturated carbocycles. The lowest BCUT2D eigenvalue weighted by atomic mass is 10.0. The molecular formula is C8H10N2. The summed E-state index contributed by atoms with van der Waals surface area (Å²) in [5.41, 5.74) is 9.60. The van der Waals surface area contributed by atoms with Gasteiger partial charge < -0.3 is 10.9 Å². The van der Waals surface area contributed by atoms with E-state index in [2.05, 4.69) is 29.6 Å². The Kier molecular flexibility index (Phi) is 1.07. The van der Waals surface area contributed by atoms with E-state index < -0.39 is 0 Å². The summed E-state index contributed by atoms with van der Waals surface area (Å²) in [6.45, 7) is 3.87. The Bertz CT molecular complexity index is 236. The van der Waals surface area contributed by atoms with Gasteiger partial charge in [-0.15, -0.1) is 0 Å². The highest BCUT2D eigenvalue weighted by atomic mass is 15.4. The van der Waals surface area contributed by atoms with Gasteiger partial charge in [-0.3, -0.25) is 0 Å². The van der Waals surface area contributed by atoms with E-state index in [1.54, 1.807) is 0 Å². The number of allylic oxidation sites excluding steroid dienone is 3. The summed E-state index contributed by atoms with van der Waals surface area (Å²) in [6.07, 6.45) is 6.53. The zero-order chi connectivity index (χ0) is 6.97. The fourth-order valence-electron chi connectivity index (χ4n) is 1.31. The normalized spacial score (nSPS) is 22.2. The van der Waals surface area contributed by atoms with Crippen molar-refractivity contribution in [3.05, 3.63) is 35.7 Å². The van der Waals surface area contributed by atoms with E-state index in [1.807, 2.05) is 0 Å². The second-order valence-electron chi connectivity index (χ2n) is 2.56. The topological polar surface area (TPSA) is 24.1 Å². The van der Waals surface area contributed by atoms with Crippen LogP contribution < -0.4 is 10.9 Å². The van der Waals surface area contributed by atoms with Crippen LogP contribution in [0.5, 0.6) is 0 Å². The monoisotopic (exact) mass is 134 g/mol. The Morgan fingerprint density at radius 3 is 3.10 bits per heavy atom. The molecule has 52 valence electrons. The molecule has 0 fully saturated rings.